The zero-order chi connectivity index (χ0) is 20.1. The number of aryl methyl sites for hydroxylation is 1. The van der Waals surface area contributed by atoms with Crippen molar-refractivity contribution in [1.82, 2.24) is 0 Å². The minimum atomic E-state index is -0.0757. The van der Waals surface area contributed by atoms with Gasteiger partial charge >= 0.3 is 0 Å². The van der Waals surface area contributed by atoms with Crippen LogP contribution in [0.2, 0.25) is 0 Å². The van der Waals surface area contributed by atoms with Crippen LogP contribution >= 0.6 is 11.8 Å². The van der Waals surface area contributed by atoms with Crippen molar-refractivity contribution in [2.24, 2.45) is 11.8 Å². The SMILES string of the molecule is CC(C)SCC1CCC(CCc2ccc(N3C[C@@H](C)O[C@@H](C)C3)c(F)c2)CC1. The number of hydrogen-bond acceptors (Lipinski definition) is 3. The largest absolute Gasteiger partial charge is 0.372 e. The molecule has 0 unspecified atom stereocenters. The predicted molar refractivity (Wildman–Crippen MR) is 120 cm³/mol. The molecule has 1 aromatic rings. The lowest BCUT2D eigenvalue weighted by Crippen LogP contribution is -2.45. The number of nitrogens with zero attached hydrogens (tertiary/aromatic N) is 1. The lowest BCUT2D eigenvalue weighted by molar-refractivity contribution is -0.00539. The molecule has 0 bridgehead atoms. The van der Waals surface area contributed by atoms with E-state index in [0.717, 1.165) is 47.8 Å². The first-order chi connectivity index (χ1) is 13.4. The van der Waals surface area contributed by atoms with Gasteiger partial charge in [-0.15, -0.1) is 0 Å². The molecule has 0 radical (unpaired) electrons. The molecule has 2 nitrogen and oxygen atoms in total. The summed E-state index contributed by atoms with van der Waals surface area (Å²) in [6, 6.07) is 5.88. The maximum absolute atomic E-state index is 14.8. The van der Waals surface area contributed by atoms with E-state index in [0.29, 0.717) is 0 Å². The summed E-state index contributed by atoms with van der Waals surface area (Å²) < 4.78 is 20.5. The molecule has 2 fully saturated rings. The molecule has 28 heavy (non-hydrogen) atoms. The summed E-state index contributed by atoms with van der Waals surface area (Å²) in [5, 5.41) is 0.750. The number of halogens is 1. The average molecular weight is 408 g/mol. The zero-order valence-corrected chi connectivity index (χ0v) is 18.9. The number of anilines is 1. The van der Waals surface area contributed by atoms with Gasteiger partial charge < -0.3 is 9.64 Å². The molecule has 0 spiro atoms. The highest BCUT2D eigenvalue weighted by Crippen LogP contribution is 2.34. The van der Waals surface area contributed by atoms with Crippen molar-refractivity contribution in [3.8, 4) is 0 Å². The van der Waals surface area contributed by atoms with Crippen LogP contribution in [0.4, 0.5) is 10.1 Å². The first-order valence-corrected chi connectivity index (χ1v) is 12.3. The van der Waals surface area contributed by atoms with Crippen LogP contribution in [0.25, 0.3) is 0 Å². The van der Waals surface area contributed by atoms with E-state index in [9.17, 15) is 4.39 Å². The Balaban J connectivity index is 1.46. The molecule has 0 amide bonds. The van der Waals surface area contributed by atoms with Crippen LogP contribution in [0.3, 0.4) is 0 Å². The molecule has 1 heterocycles. The fourth-order valence-corrected chi connectivity index (χ4v) is 5.71. The van der Waals surface area contributed by atoms with E-state index in [1.807, 2.05) is 6.07 Å². The van der Waals surface area contributed by atoms with Crippen molar-refractivity contribution >= 4 is 17.4 Å². The molecular formula is C24H38FNOS. The molecule has 158 valence electrons. The van der Waals surface area contributed by atoms with Gasteiger partial charge in [0, 0.05) is 13.1 Å². The van der Waals surface area contributed by atoms with Crippen molar-refractivity contribution in [1.29, 1.82) is 0 Å². The van der Waals surface area contributed by atoms with E-state index in [2.05, 4.69) is 50.4 Å². The highest BCUT2D eigenvalue weighted by atomic mass is 32.2. The Bertz CT molecular complexity index is 605. The van der Waals surface area contributed by atoms with Crippen LogP contribution in [0.5, 0.6) is 0 Å². The summed E-state index contributed by atoms with van der Waals surface area (Å²) in [6.07, 6.45) is 7.98. The summed E-state index contributed by atoms with van der Waals surface area (Å²) in [7, 11) is 0. The Hall–Kier alpha value is -0.740. The Morgan fingerprint density at radius 3 is 2.32 bits per heavy atom. The lowest BCUT2D eigenvalue weighted by atomic mass is 9.80. The third kappa shape index (κ3) is 6.38. The molecule has 4 heteroatoms. The van der Waals surface area contributed by atoms with E-state index < -0.39 is 0 Å². The second kappa shape index (κ2) is 10.3. The Morgan fingerprint density at radius 2 is 1.71 bits per heavy atom. The topological polar surface area (TPSA) is 12.5 Å². The summed E-state index contributed by atoms with van der Waals surface area (Å²) in [5.41, 5.74) is 1.88. The van der Waals surface area contributed by atoms with Crippen molar-refractivity contribution in [3.63, 3.8) is 0 Å². The van der Waals surface area contributed by atoms with Crippen LogP contribution in [-0.2, 0) is 11.2 Å². The van der Waals surface area contributed by atoms with E-state index in [1.165, 1.54) is 37.9 Å². The van der Waals surface area contributed by atoms with Gasteiger partial charge in [-0.1, -0.05) is 32.8 Å². The minimum Gasteiger partial charge on any atom is -0.372 e. The molecule has 1 aromatic carbocycles. The van der Waals surface area contributed by atoms with Crippen molar-refractivity contribution < 1.29 is 9.13 Å². The van der Waals surface area contributed by atoms with Gasteiger partial charge in [0.1, 0.15) is 5.82 Å². The zero-order valence-electron chi connectivity index (χ0n) is 18.1. The Kier molecular flexibility index (Phi) is 8.11. The van der Waals surface area contributed by atoms with Gasteiger partial charge in [0.15, 0.2) is 0 Å². The molecule has 0 N–H and O–H groups in total. The first kappa shape index (κ1) is 22.0. The maximum Gasteiger partial charge on any atom is 0.146 e. The average Bonchev–Trinajstić information content (AvgIpc) is 2.64. The summed E-state index contributed by atoms with van der Waals surface area (Å²) >= 11 is 2.11. The van der Waals surface area contributed by atoms with Gasteiger partial charge in [-0.05, 0) is 80.1 Å². The van der Waals surface area contributed by atoms with E-state index >= 15 is 0 Å². The maximum atomic E-state index is 14.8. The highest BCUT2D eigenvalue weighted by molar-refractivity contribution is 7.99. The third-order valence-electron chi connectivity index (χ3n) is 6.25. The monoisotopic (exact) mass is 407 g/mol. The van der Waals surface area contributed by atoms with Crippen LogP contribution in [0.15, 0.2) is 18.2 Å². The molecule has 3 rings (SSSR count). The summed E-state index contributed by atoms with van der Waals surface area (Å²) in [6.45, 7) is 10.2. The van der Waals surface area contributed by atoms with Gasteiger partial charge in [-0.3, -0.25) is 0 Å². The number of ether oxygens (including phenoxy) is 1. The molecule has 1 aliphatic heterocycles. The van der Waals surface area contributed by atoms with Crippen molar-refractivity contribution in [2.75, 3.05) is 23.7 Å². The quantitative estimate of drug-likeness (QED) is 0.525. The second-order valence-corrected chi connectivity index (χ2v) is 10.9. The number of morpholine rings is 1. The van der Waals surface area contributed by atoms with Crippen molar-refractivity contribution in [3.05, 3.63) is 29.6 Å². The standard InChI is InChI=1S/C24H38FNOS/c1-17(2)28-16-22-9-6-20(7-10-22)5-8-21-11-12-24(23(25)13-21)26-14-18(3)27-19(4)15-26/h11-13,17-20,22H,5-10,14-16H2,1-4H3/t18-,19+,20?,22?. The number of rotatable bonds is 7. The van der Waals surface area contributed by atoms with Crippen LogP contribution in [0.1, 0.15) is 65.4 Å². The lowest BCUT2D eigenvalue weighted by Gasteiger charge is -2.37. The van der Waals surface area contributed by atoms with E-state index in [1.54, 1.807) is 6.07 Å². The molecule has 1 saturated heterocycles. The van der Waals surface area contributed by atoms with E-state index in [4.69, 9.17) is 4.74 Å². The Labute approximate surface area is 175 Å². The number of hydrogen-bond donors (Lipinski definition) is 0. The summed E-state index contributed by atoms with van der Waals surface area (Å²) in [4.78, 5) is 2.13. The molecule has 2 aliphatic rings. The van der Waals surface area contributed by atoms with Gasteiger partial charge in [-0.2, -0.15) is 11.8 Å². The highest BCUT2D eigenvalue weighted by Gasteiger charge is 2.25. The third-order valence-corrected chi connectivity index (χ3v) is 7.58. The van der Waals surface area contributed by atoms with Crippen LogP contribution in [-0.4, -0.2) is 36.3 Å². The van der Waals surface area contributed by atoms with Crippen molar-refractivity contribution in [2.45, 2.75) is 83.7 Å². The fourth-order valence-electron chi connectivity index (χ4n) is 4.72. The molecule has 1 aliphatic carbocycles. The predicted octanol–water partition coefficient (Wildman–Crippen LogP) is 6.32. The normalized spacial score (nSPS) is 28.7. The number of benzene rings is 1. The molecule has 2 atom stereocenters. The second-order valence-electron chi connectivity index (χ2n) is 9.26. The fraction of sp³-hybridized carbons (Fsp3) is 0.750. The first-order valence-electron chi connectivity index (χ1n) is 11.2. The summed E-state index contributed by atoms with van der Waals surface area (Å²) in [5.74, 6) is 2.99. The number of thioether (sulfide) groups is 1. The minimum absolute atomic E-state index is 0.0757. The molecule has 0 aromatic heterocycles. The van der Waals surface area contributed by atoms with E-state index in [-0.39, 0.29) is 18.0 Å². The van der Waals surface area contributed by atoms with Gasteiger partial charge in [0.05, 0.1) is 17.9 Å². The van der Waals surface area contributed by atoms with Gasteiger partial charge in [0.2, 0.25) is 0 Å². The molecular weight excluding hydrogens is 369 g/mol. The van der Waals surface area contributed by atoms with Gasteiger partial charge in [-0.25, -0.2) is 4.39 Å². The Morgan fingerprint density at radius 1 is 1.07 bits per heavy atom. The molecule has 1 saturated carbocycles. The van der Waals surface area contributed by atoms with Crippen LogP contribution in [0, 0.1) is 17.7 Å². The smallest absolute Gasteiger partial charge is 0.146 e. The van der Waals surface area contributed by atoms with Crippen LogP contribution < -0.4 is 4.90 Å². The van der Waals surface area contributed by atoms with Gasteiger partial charge in [0.25, 0.3) is 0 Å².